The summed E-state index contributed by atoms with van der Waals surface area (Å²) in [5.74, 6) is -2.01. The van der Waals surface area contributed by atoms with Crippen molar-refractivity contribution in [3.05, 3.63) is 58.0 Å². The Hall–Kier alpha value is -2.25. The van der Waals surface area contributed by atoms with Gasteiger partial charge in [-0.15, -0.1) is 0 Å². The Morgan fingerprint density at radius 1 is 1.17 bits per heavy atom. The lowest BCUT2D eigenvalue weighted by Gasteiger charge is -2.22. The van der Waals surface area contributed by atoms with E-state index in [1.54, 1.807) is 18.4 Å². The van der Waals surface area contributed by atoms with Gasteiger partial charge in [-0.1, -0.05) is 12.1 Å². The molecule has 0 aliphatic rings. The summed E-state index contributed by atoms with van der Waals surface area (Å²) in [5.41, 5.74) is 0.111. The lowest BCUT2D eigenvalue weighted by molar-refractivity contribution is -0.139. The van der Waals surface area contributed by atoms with Crippen molar-refractivity contribution in [3.63, 3.8) is 0 Å². The van der Waals surface area contributed by atoms with Gasteiger partial charge in [0.2, 0.25) is 0 Å². The number of benzene rings is 1. The summed E-state index contributed by atoms with van der Waals surface area (Å²) in [6.07, 6.45) is 0. The Labute approximate surface area is 137 Å². The zero-order valence-corrected chi connectivity index (χ0v) is 13.3. The van der Waals surface area contributed by atoms with Gasteiger partial charge in [-0.05, 0) is 47.0 Å². The van der Waals surface area contributed by atoms with Crippen LogP contribution in [0.3, 0.4) is 0 Å². The van der Waals surface area contributed by atoms with Crippen molar-refractivity contribution in [2.45, 2.75) is 19.1 Å². The van der Waals surface area contributed by atoms with Gasteiger partial charge in [-0.3, -0.25) is 9.59 Å². The third-order valence-corrected chi connectivity index (χ3v) is 3.99. The summed E-state index contributed by atoms with van der Waals surface area (Å²) in [4.78, 5) is 23.5. The predicted octanol–water partition coefficient (Wildman–Crippen LogP) is 1.53. The van der Waals surface area contributed by atoms with Gasteiger partial charge in [-0.2, -0.15) is 11.3 Å². The van der Waals surface area contributed by atoms with E-state index in [0.717, 1.165) is 0 Å². The highest BCUT2D eigenvalue weighted by molar-refractivity contribution is 7.08. The summed E-state index contributed by atoms with van der Waals surface area (Å²) >= 11 is 1.44. The molecule has 0 saturated heterocycles. The van der Waals surface area contributed by atoms with E-state index in [4.69, 9.17) is 0 Å². The van der Waals surface area contributed by atoms with Crippen LogP contribution in [-0.2, 0) is 21.7 Å². The Morgan fingerprint density at radius 3 is 2.43 bits per heavy atom. The molecule has 0 spiro atoms. The fourth-order valence-electron chi connectivity index (χ4n) is 1.87. The first kappa shape index (κ1) is 17.1. The minimum atomic E-state index is -1.24. The number of rotatable bonds is 5. The molecular weight excluding hydrogens is 319 g/mol. The second-order valence-corrected chi connectivity index (χ2v) is 6.06. The van der Waals surface area contributed by atoms with Gasteiger partial charge in [0.15, 0.2) is 0 Å². The molecule has 1 atom stereocenters. The molecule has 122 valence electrons. The van der Waals surface area contributed by atoms with Crippen molar-refractivity contribution in [2.75, 3.05) is 6.54 Å². The monoisotopic (exact) mass is 336 g/mol. The maximum Gasteiger partial charge on any atom is 0.309 e. The lowest BCUT2D eigenvalue weighted by Crippen LogP contribution is -2.45. The number of nitrogens with one attached hydrogen (secondary N) is 2. The van der Waals surface area contributed by atoms with Crippen LogP contribution in [0.5, 0.6) is 0 Å². The van der Waals surface area contributed by atoms with Gasteiger partial charge in [0.1, 0.15) is 11.4 Å². The van der Waals surface area contributed by atoms with Crippen molar-refractivity contribution < 1.29 is 19.1 Å². The predicted molar refractivity (Wildman–Crippen MR) is 85.1 cm³/mol. The molecule has 0 aliphatic heterocycles. The molecule has 1 unspecified atom stereocenters. The minimum absolute atomic E-state index is 0.0769. The van der Waals surface area contributed by atoms with E-state index in [1.165, 1.54) is 35.6 Å². The molecule has 1 aromatic carbocycles. The maximum absolute atomic E-state index is 12.8. The van der Waals surface area contributed by atoms with Crippen LogP contribution in [-0.4, -0.2) is 23.5 Å². The Bertz CT molecular complexity index is 669. The average Bonchev–Trinajstić information content (AvgIpc) is 3.07. The van der Waals surface area contributed by atoms with E-state index in [0.29, 0.717) is 11.1 Å². The van der Waals surface area contributed by atoms with Crippen LogP contribution in [0.25, 0.3) is 0 Å². The molecular formula is C16H17FN2O3S. The van der Waals surface area contributed by atoms with Gasteiger partial charge in [0, 0.05) is 6.54 Å². The zero-order chi connectivity index (χ0) is 16.9. The molecule has 7 heteroatoms. The number of carbonyl (C=O) groups excluding carboxylic acids is 2. The first-order valence-electron chi connectivity index (χ1n) is 6.94. The van der Waals surface area contributed by atoms with Crippen LogP contribution in [0.4, 0.5) is 4.39 Å². The summed E-state index contributed by atoms with van der Waals surface area (Å²) in [5, 5.41) is 18.7. The lowest BCUT2D eigenvalue weighted by atomic mass is 9.99. The molecule has 2 rings (SSSR count). The fourth-order valence-corrected chi connectivity index (χ4v) is 2.65. The maximum atomic E-state index is 12.8. The standard InChI is InChI=1S/C16H17FN2O3S/c1-16(22,12-6-7-23-9-12)10-19-15(21)14(20)18-8-11-2-4-13(17)5-3-11/h2-7,9,22H,8,10H2,1H3,(H,18,20)(H,19,21). The molecule has 2 aromatic rings. The van der Waals surface area contributed by atoms with E-state index in [1.807, 2.05) is 5.38 Å². The van der Waals surface area contributed by atoms with E-state index in [9.17, 15) is 19.1 Å². The second kappa shape index (κ2) is 7.34. The number of carbonyl (C=O) groups is 2. The summed E-state index contributed by atoms with van der Waals surface area (Å²) in [6, 6.07) is 7.36. The van der Waals surface area contributed by atoms with Gasteiger partial charge < -0.3 is 15.7 Å². The first-order valence-corrected chi connectivity index (χ1v) is 7.88. The number of thiophene rings is 1. The molecule has 0 fully saturated rings. The zero-order valence-electron chi connectivity index (χ0n) is 12.5. The van der Waals surface area contributed by atoms with E-state index in [-0.39, 0.29) is 18.9 Å². The quantitative estimate of drug-likeness (QED) is 0.725. The van der Waals surface area contributed by atoms with Crippen LogP contribution in [0.15, 0.2) is 41.1 Å². The third-order valence-electron chi connectivity index (χ3n) is 3.31. The van der Waals surface area contributed by atoms with Crippen molar-refractivity contribution in [1.82, 2.24) is 10.6 Å². The van der Waals surface area contributed by atoms with Gasteiger partial charge in [0.05, 0.1) is 6.54 Å². The first-order chi connectivity index (χ1) is 10.9. The van der Waals surface area contributed by atoms with Gasteiger partial charge >= 0.3 is 11.8 Å². The molecule has 5 nitrogen and oxygen atoms in total. The van der Waals surface area contributed by atoms with E-state index < -0.39 is 17.4 Å². The highest BCUT2D eigenvalue weighted by atomic mass is 32.1. The molecule has 0 aliphatic carbocycles. The Morgan fingerprint density at radius 2 is 1.83 bits per heavy atom. The van der Waals surface area contributed by atoms with Crippen LogP contribution >= 0.6 is 11.3 Å². The van der Waals surface area contributed by atoms with E-state index in [2.05, 4.69) is 10.6 Å². The highest BCUT2D eigenvalue weighted by Crippen LogP contribution is 2.21. The smallest absolute Gasteiger partial charge is 0.309 e. The number of amides is 2. The molecule has 1 heterocycles. The molecule has 0 radical (unpaired) electrons. The average molecular weight is 336 g/mol. The van der Waals surface area contributed by atoms with Gasteiger partial charge in [-0.25, -0.2) is 4.39 Å². The summed E-state index contributed by atoms with van der Waals surface area (Å²) < 4.78 is 12.8. The fraction of sp³-hybridized carbons (Fsp3) is 0.250. The van der Waals surface area contributed by atoms with Crippen LogP contribution in [0.2, 0.25) is 0 Å². The number of hydrogen-bond donors (Lipinski definition) is 3. The summed E-state index contributed by atoms with van der Waals surface area (Å²) in [7, 11) is 0. The Kier molecular flexibility index (Phi) is 5.46. The van der Waals surface area contributed by atoms with E-state index >= 15 is 0 Å². The number of hydrogen-bond acceptors (Lipinski definition) is 4. The van der Waals surface area contributed by atoms with Crippen LogP contribution in [0, 0.1) is 5.82 Å². The third kappa shape index (κ3) is 4.87. The van der Waals surface area contributed by atoms with Crippen LogP contribution < -0.4 is 10.6 Å². The summed E-state index contributed by atoms with van der Waals surface area (Å²) in [6.45, 7) is 1.60. The number of aliphatic hydroxyl groups is 1. The van der Waals surface area contributed by atoms with Crippen molar-refractivity contribution >= 4 is 23.2 Å². The van der Waals surface area contributed by atoms with Crippen molar-refractivity contribution in [2.24, 2.45) is 0 Å². The van der Waals surface area contributed by atoms with Crippen LogP contribution in [0.1, 0.15) is 18.1 Å². The van der Waals surface area contributed by atoms with Crippen molar-refractivity contribution in [3.8, 4) is 0 Å². The second-order valence-electron chi connectivity index (χ2n) is 5.28. The molecule has 1 aromatic heterocycles. The molecule has 23 heavy (non-hydrogen) atoms. The minimum Gasteiger partial charge on any atom is -0.384 e. The molecule has 2 amide bonds. The topological polar surface area (TPSA) is 78.4 Å². The highest BCUT2D eigenvalue weighted by Gasteiger charge is 2.25. The Balaban J connectivity index is 1.81. The van der Waals surface area contributed by atoms with Gasteiger partial charge in [0.25, 0.3) is 0 Å². The molecule has 3 N–H and O–H groups in total. The normalized spacial score (nSPS) is 13.2. The SMILES string of the molecule is CC(O)(CNC(=O)C(=O)NCc1ccc(F)cc1)c1ccsc1. The molecule has 0 saturated carbocycles. The number of halogens is 1. The molecule has 0 bridgehead atoms. The van der Waals surface area contributed by atoms with Crippen molar-refractivity contribution in [1.29, 1.82) is 0 Å². The largest absolute Gasteiger partial charge is 0.384 e.